The Labute approximate surface area is 119 Å². The SMILES string of the molecule is CCCCN(C(=O)c1cc(Cl)nc(NC)c1)C1CC1. The molecule has 0 saturated heterocycles. The fourth-order valence-corrected chi connectivity index (χ4v) is 2.29. The lowest BCUT2D eigenvalue weighted by Crippen LogP contribution is -2.34. The molecule has 1 aromatic rings. The number of aromatic nitrogens is 1. The molecular formula is C14H20ClN3O. The van der Waals surface area contributed by atoms with Gasteiger partial charge in [0.1, 0.15) is 11.0 Å². The Morgan fingerprint density at radius 2 is 2.26 bits per heavy atom. The van der Waals surface area contributed by atoms with Crippen LogP contribution in [-0.4, -0.2) is 35.4 Å². The molecule has 104 valence electrons. The molecule has 2 rings (SSSR count). The number of nitrogens with zero attached hydrogens (tertiary/aromatic N) is 2. The Morgan fingerprint density at radius 1 is 1.53 bits per heavy atom. The van der Waals surface area contributed by atoms with E-state index in [9.17, 15) is 4.79 Å². The molecule has 5 heteroatoms. The molecule has 1 aliphatic carbocycles. The highest BCUT2D eigenvalue weighted by atomic mass is 35.5. The van der Waals surface area contributed by atoms with Gasteiger partial charge in [-0.15, -0.1) is 0 Å². The summed E-state index contributed by atoms with van der Waals surface area (Å²) in [5.74, 6) is 0.693. The van der Waals surface area contributed by atoms with Gasteiger partial charge in [0, 0.05) is 25.2 Å². The van der Waals surface area contributed by atoms with Crippen molar-refractivity contribution in [3.8, 4) is 0 Å². The first-order valence-electron chi connectivity index (χ1n) is 6.82. The van der Waals surface area contributed by atoms with Crippen LogP contribution in [0.1, 0.15) is 43.0 Å². The molecule has 1 amide bonds. The lowest BCUT2D eigenvalue weighted by molar-refractivity contribution is 0.0740. The highest BCUT2D eigenvalue weighted by Gasteiger charge is 2.32. The molecule has 1 heterocycles. The molecular weight excluding hydrogens is 262 g/mol. The minimum absolute atomic E-state index is 0.0664. The van der Waals surface area contributed by atoms with Gasteiger partial charge in [0.25, 0.3) is 5.91 Å². The molecule has 0 spiro atoms. The molecule has 0 aromatic carbocycles. The summed E-state index contributed by atoms with van der Waals surface area (Å²) in [6.07, 6.45) is 4.37. The standard InChI is InChI=1S/C14H20ClN3O/c1-3-4-7-18(11-5-6-11)14(19)10-8-12(15)17-13(9-10)16-2/h8-9,11H,3-7H2,1-2H3,(H,16,17). The summed E-state index contributed by atoms with van der Waals surface area (Å²) in [5.41, 5.74) is 0.618. The topological polar surface area (TPSA) is 45.2 Å². The van der Waals surface area contributed by atoms with E-state index >= 15 is 0 Å². The third-order valence-electron chi connectivity index (χ3n) is 3.30. The van der Waals surface area contributed by atoms with Gasteiger partial charge in [0.2, 0.25) is 0 Å². The first kappa shape index (κ1) is 14.1. The number of hydrogen-bond donors (Lipinski definition) is 1. The molecule has 0 bridgehead atoms. The smallest absolute Gasteiger partial charge is 0.254 e. The number of halogens is 1. The number of hydrogen-bond acceptors (Lipinski definition) is 3. The van der Waals surface area contributed by atoms with E-state index in [2.05, 4.69) is 17.2 Å². The first-order chi connectivity index (χ1) is 9.15. The summed E-state index contributed by atoms with van der Waals surface area (Å²) < 4.78 is 0. The third kappa shape index (κ3) is 3.60. The number of rotatable bonds is 6. The molecule has 1 aromatic heterocycles. The monoisotopic (exact) mass is 281 g/mol. The Balaban J connectivity index is 2.18. The minimum atomic E-state index is 0.0664. The number of carbonyl (C=O) groups is 1. The van der Waals surface area contributed by atoms with Crippen molar-refractivity contribution in [1.82, 2.24) is 9.88 Å². The van der Waals surface area contributed by atoms with Crippen LogP contribution in [0.4, 0.5) is 5.82 Å². The van der Waals surface area contributed by atoms with Gasteiger partial charge in [-0.1, -0.05) is 24.9 Å². The fraction of sp³-hybridized carbons (Fsp3) is 0.571. The van der Waals surface area contributed by atoms with Gasteiger partial charge in [0.15, 0.2) is 0 Å². The lowest BCUT2D eigenvalue weighted by Gasteiger charge is -2.22. The van der Waals surface area contributed by atoms with Gasteiger partial charge in [-0.3, -0.25) is 4.79 Å². The first-order valence-corrected chi connectivity index (χ1v) is 7.19. The van der Waals surface area contributed by atoms with E-state index in [4.69, 9.17) is 11.6 Å². The lowest BCUT2D eigenvalue weighted by atomic mass is 10.2. The maximum absolute atomic E-state index is 12.6. The van der Waals surface area contributed by atoms with E-state index in [1.54, 1.807) is 19.2 Å². The summed E-state index contributed by atoms with van der Waals surface area (Å²) in [7, 11) is 1.77. The second kappa shape index (κ2) is 6.24. The predicted octanol–water partition coefficient (Wildman–Crippen LogP) is 3.18. The van der Waals surface area contributed by atoms with E-state index in [1.807, 2.05) is 4.90 Å². The molecule has 0 unspecified atom stereocenters. The normalized spacial score (nSPS) is 14.3. The van der Waals surface area contributed by atoms with Crippen LogP contribution in [0.3, 0.4) is 0 Å². The summed E-state index contributed by atoms with van der Waals surface area (Å²) >= 11 is 5.96. The van der Waals surface area contributed by atoms with E-state index < -0.39 is 0 Å². The predicted molar refractivity (Wildman–Crippen MR) is 77.8 cm³/mol. The van der Waals surface area contributed by atoms with Crippen molar-refractivity contribution in [2.45, 2.75) is 38.6 Å². The van der Waals surface area contributed by atoms with Crippen LogP contribution in [0.5, 0.6) is 0 Å². The van der Waals surface area contributed by atoms with Crippen LogP contribution in [-0.2, 0) is 0 Å². The van der Waals surface area contributed by atoms with Crippen molar-refractivity contribution in [2.75, 3.05) is 18.9 Å². The summed E-state index contributed by atoms with van der Waals surface area (Å²) in [6, 6.07) is 3.82. The van der Waals surface area contributed by atoms with Crippen LogP contribution in [0.25, 0.3) is 0 Å². The van der Waals surface area contributed by atoms with Crippen molar-refractivity contribution in [3.63, 3.8) is 0 Å². The summed E-state index contributed by atoms with van der Waals surface area (Å²) in [4.78, 5) is 18.6. The Hall–Kier alpha value is -1.29. The molecule has 0 radical (unpaired) electrons. The molecule has 0 atom stereocenters. The van der Waals surface area contributed by atoms with Gasteiger partial charge in [0.05, 0.1) is 0 Å². The number of amides is 1. The van der Waals surface area contributed by atoms with Crippen molar-refractivity contribution >= 4 is 23.3 Å². The van der Waals surface area contributed by atoms with Crippen molar-refractivity contribution < 1.29 is 4.79 Å². The van der Waals surface area contributed by atoms with Gasteiger partial charge < -0.3 is 10.2 Å². The van der Waals surface area contributed by atoms with E-state index in [1.165, 1.54) is 0 Å². The molecule has 0 aliphatic heterocycles. The van der Waals surface area contributed by atoms with Crippen molar-refractivity contribution in [3.05, 3.63) is 22.8 Å². The van der Waals surface area contributed by atoms with E-state index in [0.29, 0.717) is 22.6 Å². The van der Waals surface area contributed by atoms with Gasteiger partial charge in [-0.2, -0.15) is 0 Å². The molecule has 4 nitrogen and oxygen atoms in total. The average Bonchev–Trinajstić information content (AvgIpc) is 3.22. The van der Waals surface area contributed by atoms with Crippen LogP contribution in [0.2, 0.25) is 5.15 Å². The molecule has 1 saturated carbocycles. The fourth-order valence-electron chi connectivity index (χ4n) is 2.08. The number of unbranched alkanes of at least 4 members (excludes halogenated alkanes) is 1. The zero-order valence-electron chi connectivity index (χ0n) is 11.4. The second-order valence-corrected chi connectivity index (χ2v) is 5.28. The molecule has 1 N–H and O–H groups in total. The number of pyridine rings is 1. The largest absolute Gasteiger partial charge is 0.373 e. The zero-order chi connectivity index (χ0) is 13.8. The number of nitrogens with one attached hydrogen (secondary N) is 1. The highest BCUT2D eigenvalue weighted by Crippen LogP contribution is 2.29. The van der Waals surface area contributed by atoms with Crippen LogP contribution >= 0.6 is 11.6 Å². The van der Waals surface area contributed by atoms with Crippen molar-refractivity contribution in [1.29, 1.82) is 0 Å². The summed E-state index contributed by atoms with van der Waals surface area (Å²) in [6.45, 7) is 2.97. The molecule has 1 aliphatic rings. The third-order valence-corrected chi connectivity index (χ3v) is 3.49. The van der Waals surface area contributed by atoms with Crippen molar-refractivity contribution in [2.24, 2.45) is 0 Å². The second-order valence-electron chi connectivity index (χ2n) is 4.90. The van der Waals surface area contributed by atoms with Gasteiger partial charge in [-0.05, 0) is 31.4 Å². The van der Waals surface area contributed by atoms with Crippen LogP contribution in [0.15, 0.2) is 12.1 Å². The highest BCUT2D eigenvalue weighted by molar-refractivity contribution is 6.29. The van der Waals surface area contributed by atoms with Gasteiger partial charge >= 0.3 is 0 Å². The average molecular weight is 282 g/mol. The number of anilines is 1. The number of carbonyl (C=O) groups excluding carboxylic acids is 1. The van der Waals surface area contributed by atoms with E-state index in [-0.39, 0.29) is 5.91 Å². The Kier molecular flexibility index (Phi) is 4.64. The molecule has 19 heavy (non-hydrogen) atoms. The maximum Gasteiger partial charge on any atom is 0.254 e. The Morgan fingerprint density at radius 3 is 2.84 bits per heavy atom. The van der Waals surface area contributed by atoms with Crippen LogP contribution in [0, 0.1) is 0 Å². The summed E-state index contributed by atoms with van der Waals surface area (Å²) in [5, 5.41) is 3.27. The van der Waals surface area contributed by atoms with Crippen LogP contribution < -0.4 is 5.32 Å². The maximum atomic E-state index is 12.6. The molecule has 1 fully saturated rings. The zero-order valence-corrected chi connectivity index (χ0v) is 12.2. The van der Waals surface area contributed by atoms with Gasteiger partial charge in [-0.25, -0.2) is 4.98 Å². The quantitative estimate of drug-likeness (QED) is 0.815. The minimum Gasteiger partial charge on any atom is -0.373 e. The van der Waals surface area contributed by atoms with E-state index in [0.717, 1.165) is 32.2 Å². The Bertz CT molecular complexity index is 460.